The van der Waals surface area contributed by atoms with Crippen LogP contribution in [0.3, 0.4) is 0 Å². The van der Waals surface area contributed by atoms with Gasteiger partial charge in [-0.25, -0.2) is 0 Å². The number of fused-ring (bicyclic) bond motifs is 3. The smallest absolute Gasteiger partial charge is 0.391 e. The predicted molar refractivity (Wildman–Crippen MR) is 129 cm³/mol. The molecule has 2 saturated heterocycles. The minimum absolute atomic E-state index is 0.0478. The minimum atomic E-state index is -4.17. The van der Waals surface area contributed by atoms with Crippen LogP contribution in [0.15, 0.2) is 30.3 Å². The Bertz CT molecular complexity index is 1170. The first-order valence-electron chi connectivity index (χ1n) is 12.9. The third-order valence-corrected chi connectivity index (χ3v) is 8.62. The molecule has 0 radical (unpaired) electrons. The lowest BCUT2D eigenvalue weighted by atomic mass is 9.87. The summed E-state index contributed by atoms with van der Waals surface area (Å²) < 4.78 is 45.1. The number of carbonyl (C=O) groups is 1. The molecule has 0 aromatic heterocycles. The standard InChI is InChI=1S/C28H31F3N2O3/c1-16(33-21-7-8-22(33)13-19(12-21)27(34)35)18-3-2-17-4-11-26(25(15-32)24(17)14-18)36-23-9-5-20(6-10-23)28(29,30)31/h2-4,11,14,16,19-23H,5-10,12-13H2,1H3,(H,34,35)/t16?,19?,20-,21?,22?,23+. The lowest BCUT2D eigenvalue weighted by Gasteiger charge is -2.41. The van der Waals surface area contributed by atoms with E-state index in [0.717, 1.165) is 29.2 Å². The summed E-state index contributed by atoms with van der Waals surface area (Å²) in [5.74, 6) is -1.83. The summed E-state index contributed by atoms with van der Waals surface area (Å²) in [5.41, 5.74) is 1.47. The highest BCUT2D eigenvalue weighted by Crippen LogP contribution is 2.44. The Balaban J connectivity index is 1.37. The van der Waals surface area contributed by atoms with Crippen molar-refractivity contribution in [3.63, 3.8) is 0 Å². The van der Waals surface area contributed by atoms with E-state index in [1.165, 1.54) is 0 Å². The Hall–Kier alpha value is -2.79. The van der Waals surface area contributed by atoms with Crippen LogP contribution in [-0.2, 0) is 4.79 Å². The number of piperidine rings is 1. The van der Waals surface area contributed by atoms with Crippen molar-refractivity contribution < 1.29 is 27.8 Å². The Morgan fingerprint density at radius 3 is 2.31 bits per heavy atom. The number of rotatable bonds is 5. The van der Waals surface area contributed by atoms with Crippen LogP contribution in [0.4, 0.5) is 13.2 Å². The van der Waals surface area contributed by atoms with Crippen LogP contribution in [0, 0.1) is 23.2 Å². The molecule has 2 aliphatic heterocycles. The van der Waals surface area contributed by atoms with E-state index in [2.05, 4.69) is 24.0 Å². The van der Waals surface area contributed by atoms with Crippen molar-refractivity contribution >= 4 is 16.7 Å². The third kappa shape index (κ3) is 4.66. The average molecular weight is 501 g/mol. The summed E-state index contributed by atoms with van der Waals surface area (Å²) >= 11 is 0. The average Bonchev–Trinajstić information content (AvgIpc) is 3.11. The second kappa shape index (κ2) is 9.59. The molecule has 1 N–H and O–H groups in total. The number of aliphatic carboxylic acids is 1. The molecule has 3 unspecified atom stereocenters. The molecular formula is C28H31F3N2O3. The first-order valence-corrected chi connectivity index (χ1v) is 12.9. The fourth-order valence-electron chi connectivity index (χ4n) is 6.70. The molecule has 2 bridgehead atoms. The first-order chi connectivity index (χ1) is 17.2. The number of alkyl halides is 3. The van der Waals surface area contributed by atoms with E-state index in [0.29, 0.717) is 37.0 Å². The van der Waals surface area contributed by atoms with Crippen LogP contribution in [0.2, 0.25) is 0 Å². The van der Waals surface area contributed by atoms with Gasteiger partial charge in [-0.2, -0.15) is 18.4 Å². The van der Waals surface area contributed by atoms with Crippen molar-refractivity contribution in [3.05, 3.63) is 41.5 Å². The number of benzene rings is 2. The molecule has 8 heteroatoms. The highest BCUT2D eigenvalue weighted by atomic mass is 19.4. The molecule has 1 saturated carbocycles. The molecule has 3 atom stereocenters. The van der Waals surface area contributed by atoms with Gasteiger partial charge in [-0.15, -0.1) is 0 Å². The number of carboxylic acid groups (broad SMARTS) is 1. The molecule has 5 rings (SSSR count). The second-order valence-corrected chi connectivity index (χ2v) is 10.7. The third-order valence-electron chi connectivity index (χ3n) is 8.62. The molecule has 2 aromatic rings. The van der Waals surface area contributed by atoms with Crippen molar-refractivity contribution in [1.29, 1.82) is 5.26 Å². The molecule has 1 aliphatic carbocycles. The molecule has 3 fully saturated rings. The number of ether oxygens (including phenoxy) is 1. The molecular weight excluding hydrogens is 469 g/mol. The van der Waals surface area contributed by atoms with E-state index in [1.807, 2.05) is 18.2 Å². The van der Waals surface area contributed by atoms with Gasteiger partial charge in [0.05, 0.1) is 17.9 Å². The van der Waals surface area contributed by atoms with Crippen LogP contribution in [0.1, 0.15) is 75.5 Å². The molecule has 5 nitrogen and oxygen atoms in total. The van der Waals surface area contributed by atoms with Gasteiger partial charge in [0.25, 0.3) is 0 Å². The summed E-state index contributed by atoms with van der Waals surface area (Å²) in [6, 6.07) is 12.6. The molecule has 2 aromatic carbocycles. The summed E-state index contributed by atoms with van der Waals surface area (Å²) in [6.07, 6.45) is -0.419. The van der Waals surface area contributed by atoms with Gasteiger partial charge in [0.1, 0.15) is 17.4 Å². The zero-order chi connectivity index (χ0) is 25.6. The summed E-state index contributed by atoms with van der Waals surface area (Å²) in [4.78, 5) is 14.0. The fraction of sp³-hybridized carbons (Fsp3) is 0.571. The summed E-state index contributed by atoms with van der Waals surface area (Å²) in [5, 5.41) is 21.2. The van der Waals surface area contributed by atoms with Crippen molar-refractivity contribution in [2.75, 3.05) is 0 Å². The van der Waals surface area contributed by atoms with E-state index in [1.54, 1.807) is 6.07 Å². The van der Waals surface area contributed by atoms with Crippen LogP contribution in [-0.4, -0.2) is 40.3 Å². The summed E-state index contributed by atoms with van der Waals surface area (Å²) in [7, 11) is 0. The van der Waals surface area contributed by atoms with Crippen LogP contribution >= 0.6 is 0 Å². The van der Waals surface area contributed by atoms with Crippen LogP contribution < -0.4 is 4.74 Å². The number of carboxylic acids is 1. The lowest BCUT2D eigenvalue weighted by Crippen LogP contribution is -2.45. The van der Waals surface area contributed by atoms with Gasteiger partial charge >= 0.3 is 12.1 Å². The highest BCUT2D eigenvalue weighted by molar-refractivity contribution is 5.90. The maximum atomic E-state index is 13.0. The van der Waals surface area contributed by atoms with Crippen molar-refractivity contribution in [2.24, 2.45) is 11.8 Å². The van der Waals surface area contributed by atoms with E-state index >= 15 is 0 Å². The SMILES string of the molecule is CC(c1ccc2ccc(O[C@H]3CC[C@@H](C(F)(F)F)CC3)c(C#N)c2c1)N1C2CCC1CC(C(=O)O)C2. The van der Waals surface area contributed by atoms with Gasteiger partial charge < -0.3 is 9.84 Å². The Labute approximate surface area is 208 Å². The Morgan fingerprint density at radius 1 is 1.08 bits per heavy atom. The fourth-order valence-corrected chi connectivity index (χ4v) is 6.70. The number of hydrogen-bond acceptors (Lipinski definition) is 4. The van der Waals surface area contributed by atoms with Gasteiger partial charge in [0.15, 0.2) is 0 Å². The maximum Gasteiger partial charge on any atom is 0.391 e. The number of nitriles is 1. The molecule has 2 heterocycles. The Kier molecular flexibility index (Phi) is 6.63. The molecule has 3 aliphatic rings. The van der Waals surface area contributed by atoms with Gasteiger partial charge in [-0.05, 0) is 81.4 Å². The summed E-state index contributed by atoms with van der Waals surface area (Å²) in [6.45, 7) is 2.14. The second-order valence-electron chi connectivity index (χ2n) is 10.7. The molecule has 0 amide bonds. The van der Waals surface area contributed by atoms with Crippen LogP contribution in [0.5, 0.6) is 5.75 Å². The zero-order valence-electron chi connectivity index (χ0n) is 20.3. The van der Waals surface area contributed by atoms with Gasteiger partial charge in [-0.3, -0.25) is 9.69 Å². The quantitative estimate of drug-likeness (QED) is 0.501. The predicted octanol–water partition coefficient (Wildman–Crippen LogP) is 6.60. The normalized spacial score (nSPS) is 29.6. The van der Waals surface area contributed by atoms with Gasteiger partial charge in [0, 0.05) is 23.5 Å². The van der Waals surface area contributed by atoms with Crippen molar-refractivity contribution in [2.45, 2.75) is 88.7 Å². The van der Waals surface area contributed by atoms with E-state index < -0.39 is 18.1 Å². The van der Waals surface area contributed by atoms with E-state index in [-0.39, 0.29) is 43.0 Å². The van der Waals surface area contributed by atoms with Crippen molar-refractivity contribution in [3.8, 4) is 11.8 Å². The molecule has 0 spiro atoms. The van der Waals surface area contributed by atoms with Gasteiger partial charge in [0.2, 0.25) is 0 Å². The van der Waals surface area contributed by atoms with Crippen LogP contribution in [0.25, 0.3) is 10.8 Å². The lowest BCUT2D eigenvalue weighted by molar-refractivity contribution is -0.185. The molecule has 36 heavy (non-hydrogen) atoms. The zero-order valence-corrected chi connectivity index (χ0v) is 20.3. The number of halogens is 3. The molecule has 192 valence electrons. The highest BCUT2D eigenvalue weighted by Gasteiger charge is 2.45. The van der Waals surface area contributed by atoms with E-state index in [9.17, 15) is 28.3 Å². The van der Waals surface area contributed by atoms with Gasteiger partial charge in [-0.1, -0.05) is 18.2 Å². The van der Waals surface area contributed by atoms with Crippen molar-refractivity contribution in [1.82, 2.24) is 4.90 Å². The number of nitrogens with zero attached hydrogens (tertiary/aromatic N) is 2. The van der Waals surface area contributed by atoms with E-state index in [4.69, 9.17) is 4.74 Å². The Morgan fingerprint density at radius 2 is 1.72 bits per heavy atom. The number of hydrogen-bond donors (Lipinski definition) is 1. The topological polar surface area (TPSA) is 73.6 Å². The first kappa shape index (κ1) is 24.9. The maximum absolute atomic E-state index is 13.0. The largest absolute Gasteiger partial charge is 0.489 e. The minimum Gasteiger partial charge on any atom is -0.489 e. The monoisotopic (exact) mass is 500 g/mol.